The molecule has 92 valence electrons. The standard InChI is InChI=1S/C12H16ClN3O/c1-9(5-7-17-2)16-11(8-13)15-10-4-3-6-14-12(10)16/h3-4,6,9H,5,7-8H2,1-2H3. The van der Waals surface area contributed by atoms with E-state index in [4.69, 9.17) is 16.3 Å². The summed E-state index contributed by atoms with van der Waals surface area (Å²) in [5.41, 5.74) is 1.79. The number of imidazole rings is 1. The predicted molar refractivity (Wildman–Crippen MR) is 68.3 cm³/mol. The first kappa shape index (κ1) is 12.3. The van der Waals surface area contributed by atoms with E-state index >= 15 is 0 Å². The molecule has 0 spiro atoms. The van der Waals surface area contributed by atoms with Gasteiger partial charge in [-0.05, 0) is 25.5 Å². The molecule has 1 unspecified atom stereocenters. The fourth-order valence-corrected chi connectivity index (χ4v) is 2.14. The van der Waals surface area contributed by atoms with Crippen LogP contribution in [0, 0.1) is 0 Å². The fraction of sp³-hybridized carbons (Fsp3) is 0.500. The average molecular weight is 254 g/mol. The lowest BCUT2D eigenvalue weighted by Gasteiger charge is -2.15. The SMILES string of the molecule is COCCC(C)n1c(CCl)nc2cccnc21. The predicted octanol–water partition coefficient (Wildman–Crippen LogP) is 2.77. The minimum absolute atomic E-state index is 0.281. The second-order valence-electron chi connectivity index (χ2n) is 4.01. The first-order chi connectivity index (χ1) is 8.27. The van der Waals surface area contributed by atoms with Crippen molar-refractivity contribution in [3.8, 4) is 0 Å². The van der Waals surface area contributed by atoms with E-state index in [1.807, 2.05) is 12.1 Å². The van der Waals surface area contributed by atoms with Gasteiger partial charge in [0, 0.05) is 26.0 Å². The highest BCUT2D eigenvalue weighted by molar-refractivity contribution is 6.16. The molecule has 0 radical (unpaired) electrons. The molecule has 0 saturated carbocycles. The lowest BCUT2D eigenvalue weighted by Crippen LogP contribution is -2.11. The molecule has 5 heteroatoms. The van der Waals surface area contributed by atoms with E-state index in [-0.39, 0.29) is 6.04 Å². The summed E-state index contributed by atoms with van der Waals surface area (Å²) in [5.74, 6) is 1.26. The van der Waals surface area contributed by atoms with E-state index in [2.05, 4.69) is 21.5 Å². The largest absolute Gasteiger partial charge is 0.385 e. The topological polar surface area (TPSA) is 39.9 Å². The number of methoxy groups -OCH3 is 1. The number of ether oxygens (including phenoxy) is 1. The second kappa shape index (κ2) is 5.47. The Hall–Kier alpha value is -1.13. The third-order valence-electron chi connectivity index (χ3n) is 2.82. The van der Waals surface area contributed by atoms with E-state index in [9.17, 15) is 0 Å². The molecule has 4 nitrogen and oxygen atoms in total. The smallest absolute Gasteiger partial charge is 0.160 e. The molecular formula is C12H16ClN3O. The van der Waals surface area contributed by atoms with Gasteiger partial charge in [0.25, 0.3) is 0 Å². The van der Waals surface area contributed by atoms with Gasteiger partial charge in [-0.15, -0.1) is 11.6 Å². The van der Waals surface area contributed by atoms with Gasteiger partial charge in [0.1, 0.15) is 11.3 Å². The number of rotatable bonds is 5. The van der Waals surface area contributed by atoms with Crippen LogP contribution >= 0.6 is 11.6 Å². The van der Waals surface area contributed by atoms with Crippen molar-refractivity contribution in [3.63, 3.8) is 0 Å². The van der Waals surface area contributed by atoms with Crippen LogP contribution in [0.5, 0.6) is 0 Å². The molecule has 0 amide bonds. The molecule has 1 atom stereocenters. The Bertz CT molecular complexity index is 497. The van der Waals surface area contributed by atoms with Crippen molar-refractivity contribution in [2.75, 3.05) is 13.7 Å². The first-order valence-electron chi connectivity index (χ1n) is 5.64. The highest BCUT2D eigenvalue weighted by Gasteiger charge is 2.15. The Labute approximate surface area is 106 Å². The quantitative estimate of drug-likeness (QED) is 0.770. The molecular weight excluding hydrogens is 238 g/mol. The van der Waals surface area contributed by atoms with Crippen LogP contribution in [0.4, 0.5) is 0 Å². The van der Waals surface area contributed by atoms with Crippen molar-refractivity contribution in [1.29, 1.82) is 0 Å². The Kier molecular flexibility index (Phi) is 3.97. The molecule has 0 saturated heterocycles. The molecule has 17 heavy (non-hydrogen) atoms. The number of hydrogen-bond donors (Lipinski definition) is 0. The number of fused-ring (bicyclic) bond motifs is 1. The average Bonchev–Trinajstić information content (AvgIpc) is 2.74. The van der Waals surface area contributed by atoms with Crippen LogP contribution in [0.2, 0.25) is 0 Å². The zero-order valence-electron chi connectivity index (χ0n) is 10.1. The van der Waals surface area contributed by atoms with Crippen LogP contribution in [0.15, 0.2) is 18.3 Å². The number of pyridine rings is 1. The summed E-state index contributed by atoms with van der Waals surface area (Å²) in [4.78, 5) is 8.87. The van der Waals surface area contributed by atoms with Crippen LogP contribution in [0.3, 0.4) is 0 Å². The van der Waals surface area contributed by atoms with Gasteiger partial charge in [0.05, 0.1) is 5.88 Å². The van der Waals surface area contributed by atoms with Crippen LogP contribution in [0.25, 0.3) is 11.2 Å². The lowest BCUT2D eigenvalue weighted by molar-refractivity contribution is 0.181. The van der Waals surface area contributed by atoms with Gasteiger partial charge in [0.2, 0.25) is 0 Å². The van der Waals surface area contributed by atoms with Gasteiger partial charge in [-0.1, -0.05) is 0 Å². The molecule has 0 aliphatic heterocycles. The molecule has 2 heterocycles. The van der Waals surface area contributed by atoms with E-state index in [1.54, 1.807) is 13.3 Å². The maximum absolute atomic E-state index is 5.94. The van der Waals surface area contributed by atoms with Crippen LogP contribution < -0.4 is 0 Å². The number of alkyl halides is 1. The van der Waals surface area contributed by atoms with Gasteiger partial charge in [0.15, 0.2) is 5.65 Å². The Morgan fingerprint density at radius 1 is 1.53 bits per heavy atom. The molecule has 0 aliphatic carbocycles. The van der Waals surface area contributed by atoms with Crippen molar-refractivity contribution in [2.24, 2.45) is 0 Å². The van der Waals surface area contributed by atoms with Gasteiger partial charge >= 0.3 is 0 Å². The van der Waals surface area contributed by atoms with Crippen molar-refractivity contribution >= 4 is 22.8 Å². The van der Waals surface area contributed by atoms with Crippen molar-refractivity contribution < 1.29 is 4.74 Å². The van der Waals surface area contributed by atoms with E-state index in [0.29, 0.717) is 5.88 Å². The summed E-state index contributed by atoms with van der Waals surface area (Å²) >= 11 is 5.94. The van der Waals surface area contributed by atoms with Crippen molar-refractivity contribution in [2.45, 2.75) is 25.3 Å². The monoisotopic (exact) mass is 253 g/mol. The molecule has 0 aromatic carbocycles. The zero-order valence-corrected chi connectivity index (χ0v) is 10.8. The number of aromatic nitrogens is 3. The third-order valence-corrected chi connectivity index (χ3v) is 3.06. The maximum atomic E-state index is 5.94. The number of hydrogen-bond acceptors (Lipinski definition) is 3. The van der Waals surface area contributed by atoms with Gasteiger partial charge in [-0.25, -0.2) is 9.97 Å². The summed E-state index contributed by atoms with van der Waals surface area (Å²) in [5, 5.41) is 0. The summed E-state index contributed by atoms with van der Waals surface area (Å²) in [6, 6.07) is 4.12. The summed E-state index contributed by atoms with van der Waals surface area (Å²) in [7, 11) is 1.71. The zero-order chi connectivity index (χ0) is 12.3. The highest BCUT2D eigenvalue weighted by atomic mass is 35.5. The highest BCUT2D eigenvalue weighted by Crippen LogP contribution is 2.22. The maximum Gasteiger partial charge on any atom is 0.160 e. The van der Waals surface area contributed by atoms with E-state index in [0.717, 1.165) is 30.0 Å². The minimum atomic E-state index is 0.281. The second-order valence-corrected chi connectivity index (χ2v) is 4.28. The Morgan fingerprint density at radius 2 is 2.35 bits per heavy atom. The van der Waals surface area contributed by atoms with Gasteiger partial charge < -0.3 is 9.30 Å². The fourth-order valence-electron chi connectivity index (χ4n) is 1.95. The molecule has 0 bridgehead atoms. The van der Waals surface area contributed by atoms with Crippen molar-refractivity contribution in [3.05, 3.63) is 24.2 Å². The molecule has 2 aromatic heterocycles. The summed E-state index contributed by atoms with van der Waals surface area (Å²) < 4.78 is 7.21. The molecule has 0 aliphatic rings. The van der Waals surface area contributed by atoms with Crippen LogP contribution in [0.1, 0.15) is 25.2 Å². The van der Waals surface area contributed by atoms with Crippen molar-refractivity contribution in [1.82, 2.24) is 14.5 Å². The number of nitrogens with zero attached hydrogens (tertiary/aromatic N) is 3. The summed E-state index contributed by atoms with van der Waals surface area (Å²) in [6.07, 6.45) is 2.70. The van der Waals surface area contributed by atoms with Crippen LogP contribution in [-0.4, -0.2) is 28.3 Å². The molecule has 0 fully saturated rings. The molecule has 0 N–H and O–H groups in total. The van der Waals surface area contributed by atoms with E-state index < -0.39 is 0 Å². The first-order valence-corrected chi connectivity index (χ1v) is 6.18. The normalized spacial score (nSPS) is 13.1. The van der Waals surface area contributed by atoms with Crippen LogP contribution in [-0.2, 0) is 10.6 Å². The Morgan fingerprint density at radius 3 is 3.06 bits per heavy atom. The Balaban J connectivity index is 2.42. The minimum Gasteiger partial charge on any atom is -0.385 e. The van der Waals surface area contributed by atoms with Gasteiger partial charge in [-0.2, -0.15) is 0 Å². The number of halogens is 1. The van der Waals surface area contributed by atoms with E-state index in [1.165, 1.54) is 0 Å². The third kappa shape index (κ3) is 2.42. The molecule has 2 rings (SSSR count). The summed E-state index contributed by atoms with van der Waals surface area (Å²) in [6.45, 7) is 2.85. The lowest BCUT2D eigenvalue weighted by atomic mass is 10.2. The molecule has 2 aromatic rings. The van der Waals surface area contributed by atoms with Gasteiger partial charge in [-0.3, -0.25) is 0 Å².